The zero-order valence-electron chi connectivity index (χ0n) is 6.62. The molecular weight excluding hydrogens is 140 g/mol. The maximum Gasteiger partial charge on any atom is 0.0709 e. The third kappa shape index (κ3) is 0.959. The molecule has 0 bridgehead atoms. The second kappa shape index (κ2) is 2.08. The van der Waals surface area contributed by atoms with Crippen molar-refractivity contribution in [1.82, 2.24) is 9.78 Å². The van der Waals surface area contributed by atoms with E-state index in [9.17, 15) is 0 Å². The minimum absolute atomic E-state index is 0.0290. The van der Waals surface area contributed by atoms with E-state index in [0.29, 0.717) is 0 Å². The summed E-state index contributed by atoms with van der Waals surface area (Å²) in [5.74, 6) is 0. The van der Waals surface area contributed by atoms with Crippen molar-refractivity contribution in [2.45, 2.75) is 18.3 Å². The predicted octanol–water partition coefficient (Wildman–Crippen LogP) is 0.444. The Labute approximate surface area is 65.7 Å². The van der Waals surface area contributed by atoms with E-state index in [4.69, 9.17) is 5.11 Å². The van der Waals surface area contributed by atoms with Crippen molar-refractivity contribution < 1.29 is 5.11 Å². The summed E-state index contributed by atoms with van der Waals surface area (Å²) in [6.45, 7) is 0.240. The molecule has 60 valence electrons. The summed E-state index contributed by atoms with van der Waals surface area (Å²) in [7, 11) is 1.90. The standard InChI is InChI=1S/C8H12N2O/c1-10-5-2-7(9-10)8(6-11)3-4-8/h2,5,11H,3-4,6H2,1H3. The summed E-state index contributed by atoms with van der Waals surface area (Å²) in [6, 6.07) is 1.99. The number of aryl methyl sites for hydroxylation is 1. The SMILES string of the molecule is Cn1ccc(C2(CO)CC2)n1. The lowest BCUT2D eigenvalue weighted by Gasteiger charge is -2.05. The highest BCUT2D eigenvalue weighted by Gasteiger charge is 2.45. The lowest BCUT2D eigenvalue weighted by atomic mass is 10.1. The summed E-state index contributed by atoms with van der Waals surface area (Å²) in [4.78, 5) is 0. The van der Waals surface area contributed by atoms with Crippen LogP contribution in [-0.2, 0) is 12.5 Å². The van der Waals surface area contributed by atoms with Gasteiger partial charge in [-0.1, -0.05) is 0 Å². The van der Waals surface area contributed by atoms with E-state index in [-0.39, 0.29) is 12.0 Å². The molecule has 3 heteroatoms. The number of aromatic nitrogens is 2. The van der Waals surface area contributed by atoms with Gasteiger partial charge < -0.3 is 5.11 Å². The molecule has 0 spiro atoms. The number of aliphatic hydroxyl groups excluding tert-OH is 1. The van der Waals surface area contributed by atoms with Crippen LogP contribution in [0.15, 0.2) is 12.3 Å². The van der Waals surface area contributed by atoms with Crippen LogP contribution in [0.5, 0.6) is 0 Å². The van der Waals surface area contributed by atoms with Crippen molar-refractivity contribution in [1.29, 1.82) is 0 Å². The molecule has 1 heterocycles. The molecule has 0 atom stereocenters. The van der Waals surface area contributed by atoms with Crippen molar-refractivity contribution in [3.8, 4) is 0 Å². The minimum atomic E-state index is 0.0290. The highest BCUT2D eigenvalue weighted by molar-refractivity contribution is 5.23. The Bertz CT molecular complexity index is 263. The Kier molecular flexibility index (Phi) is 1.29. The van der Waals surface area contributed by atoms with Gasteiger partial charge in [0, 0.05) is 18.7 Å². The van der Waals surface area contributed by atoms with Gasteiger partial charge in [-0.2, -0.15) is 5.10 Å². The van der Waals surface area contributed by atoms with Crippen LogP contribution in [0.4, 0.5) is 0 Å². The maximum absolute atomic E-state index is 9.07. The lowest BCUT2D eigenvalue weighted by Crippen LogP contribution is -2.12. The van der Waals surface area contributed by atoms with Gasteiger partial charge in [-0.25, -0.2) is 0 Å². The fourth-order valence-corrected chi connectivity index (χ4v) is 1.34. The first-order chi connectivity index (χ1) is 5.27. The monoisotopic (exact) mass is 152 g/mol. The Morgan fingerprint density at radius 2 is 2.45 bits per heavy atom. The molecule has 0 aromatic carbocycles. The Morgan fingerprint density at radius 1 is 1.73 bits per heavy atom. The number of hydrogen-bond acceptors (Lipinski definition) is 2. The van der Waals surface area contributed by atoms with Gasteiger partial charge in [-0.05, 0) is 18.9 Å². The first-order valence-electron chi connectivity index (χ1n) is 3.88. The number of nitrogens with zero attached hydrogens (tertiary/aromatic N) is 2. The molecule has 1 aromatic rings. The number of rotatable bonds is 2. The third-order valence-electron chi connectivity index (χ3n) is 2.41. The van der Waals surface area contributed by atoms with Crippen LogP contribution in [0.1, 0.15) is 18.5 Å². The number of hydrogen-bond donors (Lipinski definition) is 1. The smallest absolute Gasteiger partial charge is 0.0709 e. The molecule has 1 aliphatic rings. The van der Waals surface area contributed by atoms with E-state index in [1.54, 1.807) is 4.68 Å². The zero-order valence-corrected chi connectivity index (χ0v) is 6.62. The van der Waals surface area contributed by atoms with Crippen molar-refractivity contribution in [2.75, 3.05) is 6.61 Å². The topological polar surface area (TPSA) is 38.0 Å². The van der Waals surface area contributed by atoms with Crippen LogP contribution in [0.2, 0.25) is 0 Å². The van der Waals surface area contributed by atoms with E-state index >= 15 is 0 Å². The molecule has 0 saturated heterocycles. The Hall–Kier alpha value is -0.830. The molecule has 1 aliphatic carbocycles. The normalized spacial score (nSPS) is 20.2. The number of aliphatic hydroxyl groups is 1. The quantitative estimate of drug-likeness (QED) is 0.668. The summed E-state index contributed by atoms with van der Waals surface area (Å²) in [5.41, 5.74) is 1.07. The van der Waals surface area contributed by atoms with Gasteiger partial charge in [0.15, 0.2) is 0 Å². The zero-order chi connectivity index (χ0) is 7.90. The summed E-state index contributed by atoms with van der Waals surface area (Å²) in [6.07, 6.45) is 4.09. The molecular formula is C8H12N2O. The van der Waals surface area contributed by atoms with E-state index in [2.05, 4.69) is 5.10 Å². The highest BCUT2D eigenvalue weighted by Crippen LogP contribution is 2.46. The van der Waals surface area contributed by atoms with Gasteiger partial charge in [0.25, 0.3) is 0 Å². The molecule has 2 rings (SSSR count). The Morgan fingerprint density at radius 3 is 2.82 bits per heavy atom. The van der Waals surface area contributed by atoms with Crippen LogP contribution in [0, 0.1) is 0 Å². The van der Waals surface area contributed by atoms with Gasteiger partial charge in [-0.3, -0.25) is 4.68 Å². The van der Waals surface area contributed by atoms with Crippen LogP contribution < -0.4 is 0 Å². The minimum Gasteiger partial charge on any atom is -0.395 e. The second-order valence-corrected chi connectivity index (χ2v) is 3.31. The molecule has 1 aromatic heterocycles. The fourth-order valence-electron chi connectivity index (χ4n) is 1.34. The molecule has 0 unspecified atom stereocenters. The average Bonchev–Trinajstić information content (AvgIpc) is 2.70. The van der Waals surface area contributed by atoms with Gasteiger partial charge in [0.1, 0.15) is 0 Å². The summed E-state index contributed by atoms with van der Waals surface area (Å²) < 4.78 is 1.78. The molecule has 1 saturated carbocycles. The van der Waals surface area contributed by atoms with Crippen molar-refractivity contribution in [2.24, 2.45) is 7.05 Å². The van der Waals surface area contributed by atoms with Crippen molar-refractivity contribution in [3.63, 3.8) is 0 Å². The van der Waals surface area contributed by atoms with Crippen LogP contribution in [0.25, 0.3) is 0 Å². The summed E-state index contributed by atoms with van der Waals surface area (Å²) >= 11 is 0. The first-order valence-corrected chi connectivity index (χ1v) is 3.88. The van der Waals surface area contributed by atoms with E-state index in [0.717, 1.165) is 18.5 Å². The van der Waals surface area contributed by atoms with E-state index < -0.39 is 0 Å². The molecule has 11 heavy (non-hydrogen) atoms. The lowest BCUT2D eigenvalue weighted by molar-refractivity contribution is 0.252. The molecule has 0 radical (unpaired) electrons. The van der Waals surface area contributed by atoms with Crippen molar-refractivity contribution >= 4 is 0 Å². The first kappa shape index (κ1) is 6.85. The van der Waals surface area contributed by atoms with Gasteiger partial charge in [-0.15, -0.1) is 0 Å². The van der Waals surface area contributed by atoms with E-state index in [1.807, 2.05) is 19.3 Å². The van der Waals surface area contributed by atoms with Crippen LogP contribution in [0.3, 0.4) is 0 Å². The molecule has 1 fully saturated rings. The van der Waals surface area contributed by atoms with Crippen molar-refractivity contribution in [3.05, 3.63) is 18.0 Å². The summed E-state index contributed by atoms with van der Waals surface area (Å²) in [5, 5.41) is 13.3. The fraction of sp³-hybridized carbons (Fsp3) is 0.625. The largest absolute Gasteiger partial charge is 0.395 e. The molecule has 3 nitrogen and oxygen atoms in total. The third-order valence-corrected chi connectivity index (χ3v) is 2.41. The van der Waals surface area contributed by atoms with Crippen LogP contribution >= 0.6 is 0 Å². The molecule has 0 amide bonds. The molecule has 1 N–H and O–H groups in total. The highest BCUT2D eigenvalue weighted by atomic mass is 16.3. The second-order valence-electron chi connectivity index (χ2n) is 3.31. The maximum atomic E-state index is 9.07. The average molecular weight is 152 g/mol. The van der Waals surface area contributed by atoms with E-state index in [1.165, 1.54) is 0 Å². The predicted molar refractivity (Wildman–Crippen MR) is 41.2 cm³/mol. The van der Waals surface area contributed by atoms with Gasteiger partial charge >= 0.3 is 0 Å². The van der Waals surface area contributed by atoms with Crippen LogP contribution in [-0.4, -0.2) is 21.5 Å². The molecule has 0 aliphatic heterocycles. The van der Waals surface area contributed by atoms with Gasteiger partial charge in [0.2, 0.25) is 0 Å². The van der Waals surface area contributed by atoms with Gasteiger partial charge in [0.05, 0.1) is 12.3 Å². The Balaban J connectivity index is 2.29.